The van der Waals surface area contributed by atoms with Crippen LogP contribution in [0.2, 0.25) is 0 Å². The van der Waals surface area contributed by atoms with Gasteiger partial charge in [-0.05, 0) is 32.9 Å². The largest absolute Gasteiger partial charge is 0.417 e. The first-order valence-corrected chi connectivity index (χ1v) is 11.9. The van der Waals surface area contributed by atoms with Crippen LogP contribution in [-0.4, -0.2) is 86.8 Å². The van der Waals surface area contributed by atoms with Crippen LogP contribution in [0.15, 0.2) is 29.2 Å². The van der Waals surface area contributed by atoms with Crippen LogP contribution in [0, 0.1) is 0 Å². The average Bonchev–Trinajstić information content (AvgIpc) is 2.73. The summed E-state index contributed by atoms with van der Waals surface area (Å²) in [6.07, 6.45) is -4.85. The fourth-order valence-electron chi connectivity index (χ4n) is 3.55. The molecule has 1 aromatic carbocycles. The van der Waals surface area contributed by atoms with Gasteiger partial charge in [-0.15, -0.1) is 0 Å². The number of alkyl halides is 3. The fourth-order valence-corrected chi connectivity index (χ4v) is 4.97. The molecule has 1 atom stereocenters. The van der Waals surface area contributed by atoms with E-state index < -0.39 is 38.6 Å². The number of nitrogens with zero attached hydrogens (tertiary/aromatic N) is 3. The van der Waals surface area contributed by atoms with Gasteiger partial charge >= 0.3 is 6.18 Å². The standard InChI is InChI=1S/C20H29F3N4O4S/c1-4-26(5-2)18(28)14-25-10-12-27(13-11-25)19(29)15(3)24-32(30,31)17-9-7-6-8-16(17)20(21,22)23/h6-9,15,24H,4-5,10-14H2,1-3H3/t15-/m0/s1. The third kappa shape index (κ3) is 6.42. The quantitative estimate of drug-likeness (QED) is 0.610. The summed E-state index contributed by atoms with van der Waals surface area (Å²) in [7, 11) is -4.58. The predicted octanol–water partition coefficient (Wildman–Crippen LogP) is 1.38. The van der Waals surface area contributed by atoms with E-state index in [2.05, 4.69) is 4.72 Å². The normalized spacial score (nSPS) is 16.6. The van der Waals surface area contributed by atoms with Crippen molar-refractivity contribution in [1.29, 1.82) is 0 Å². The highest BCUT2D eigenvalue weighted by Gasteiger charge is 2.38. The van der Waals surface area contributed by atoms with Gasteiger partial charge in [0.15, 0.2) is 0 Å². The first-order chi connectivity index (χ1) is 14.9. The maximum atomic E-state index is 13.2. The Balaban J connectivity index is 1.99. The zero-order valence-electron chi connectivity index (χ0n) is 18.4. The second kappa shape index (κ2) is 10.6. The van der Waals surface area contributed by atoms with Crippen molar-refractivity contribution in [2.75, 3.05) is 45.8 Å². The fraction of sp³-hybridized carbons (Fsp3) is 0.600. The van der Waals surface area contributed by atoms with Crippen LogP contribution < -0.4 is 4.72 Å². The molecule has 2 amide bonds. The summed E-state index contributed by atoms with van der Waals surface area (Å²) in [5, 5.41) is 0. The molecule has 1 aliphatic heterocycles. The van der Waals surface area contributed by atoms with Gasteiger partial charge in [0.1, 0.15) is 0 Å². The van der Waals surface area contributed by atoms with Gasteiger partial charge in [-0.25, -0.2) is 8.42 Å². The van der Waals surface area contributed by atoms with E-state index in [1.807, 2.05) is 18.7 Å². The molecule has 8 nitrogen and oxygen atoms in total. The molecule has 0 saturated carbocycles. The highest BCUT2D eigenvalue weighted by Crippen LogP contribution is 2.33. The van der Waals surface area contributed by atoms with Crippen molar-refractivity contribution >= 4 is 21.8 Å². The summed E-state index contributed by atoms with van der Waals surface area (Å²) in [6.45, 7) is 8.01. The Kier molecular flexibility index (Phi) is 8.66. The molecular formula is C20H29F3N4O4S. The zero-order chi connectivity index (χ0) is 24.1. The highest BCUT2D eigenvalue weighted by atomic mass is 32.2. The number of benzene rings is 1. The Morgan fingerprint density at radius 1 is 1.09 bits per heavy atom. The molecule has 0 aromatic heterocycles. The summed E-state index contributed by atoms with van der Waals surface area (Å²) < 4.78 is 66.7. The maximum Gasteiger partial charge on any atom is 0.417 e. The van der Waals surface area contributed by atoms with Crippen LogP contribution in [0.4, 0.5) is 13.2 Å². The lowest BCUT2D eigenvalue weighted by Crippen LogP contribution is -2.55. The van der Waals surface area contributed by atoms with E-state index in [-0.39, 0.29) is 25.5 Å². The Morgan fingerprint density at radius 3 is 2.19 bits per heavy atom. The van der Waals surface area contributed by atoms with Crippen molar-refractivity contribution in [3.63, 3.8) is 0 Å². The number of rotatable bonds is 8. The van der Waals surface area contributed by atoms with Gasteiger partial charge in [0.25, 0.3) is 0 Å². The minimum Gasteiger partial charge on any atom is -0.342 e. The molecule has 1 heterocycles. The summed E-state index contributed by atoms with van der Waals surface area (Å²) in [6, 6.07) is 2.58. The molecular weight excluding hydrogens is 449 g/mol. The smallest absolute Gasteiger partial charge is 0.342 e. The van der Waals surface area contributed by atoms with E-state index in [4.69, 9.17) is 0 Å². The minimum atomic E-state index is -4.85. The highest BCUT2D eigenvalue weighted by molar-refractivity contribution is 7.89. The number of hydrogen-bond donors (Lipinski definition) is 1. The number of sulfonamides is 1. The molecule has 1 N–H and O–H groups in total. The van der Waals surface area contributed by atoms with Crippen molar-refractivity contribution in [1.82, 2.24) is 19.4 Å². The summed E-state index contributed by atoms with van der Waals surface area (Å²) in [5.74, 6) is -0.535. The lowest BCUT2D eigenvalue weighted by atomic mass is 10.2. The van der Waals surface area contributed by atoms with Gasteiger partial charge in [0, 0.05) is 39.3 Å². The molecule has 0 unspecified atom stereocenters. The molecule has 2 rings (SSSR count). The second-order valence-electron chi connectivity index (χ2n) is 7.50. The SMILES string of the molecule is CCN(CC)C(=O)CN1CCN(C(=O)[C@H](C)NS(=O)(=O)c2ccccc2C(F)(F)F)CC1. The molecule has 32 heavy (non-hydrogen) atoms. The molecule has 1 fully saturated rings. The third-order valence-corrected chi connectivity index (χ3v) is 6.94. The van der Waals surface area contributed by atoms with E-state index >= 15 is 0 Å². The third-order valence-electron chi connectivity index (χ3n) is 5.34. The minimum absolute atomic E-state index is 0.000709. The number of carbonyl (C=O) groups excluding carboxylic acids is 2. The number of nitrogens with one attached hydrogen (secondary N) is 1. The van der Waals surface area contributed by atoms with Crippen molar-refractivity contribution in [2.24, 2.45) is 0 Å². The number of hydrogen-bond acceptors (Lipinski definition) is 5. The topological polar surface area (TPSA) is 90.0 Å². The lowest BCUT2D eigenvalue weighted by molar-refractivity contribution is -0.140. The Morgan fingerprint density at radius 2 is 1.66 bits per heavy atom. The lowest BCUT2D eigenvalue weighted by Gasteiger charge is -2.36. The molecule has 1 saturated heterocycles. The van der Waals surface area contributed by atoms with Crippen molar-refractivity contribution < 1.29 is 31.2 Å². The van der Waals surface area contributed by atoms with Gasteiger partial charge in [-0.2, -0.15) is 17.9 Å². The van der Waals surface area contributed by atoms with Gasteiger partial charge in [0.2, 0.25) is 21.8 Å². The second-order valence-corrected chi connectivity index (χ2v) is 9.19. The monoisotopic (exact) mass is 478 g/mol. The number of carbonyl (C=O) groups is 2. The van der Waals surface area contributed by atoms with Crippen molar-refractivity contribution in [3.05, 3.63) is 29.8 Å². The number of amides is 2. The molecule has 1 aromatic rings. The van der Waals surface area contributed by atoms with Crippen LogP contribution in [0.1, 0.15) is 26.3 Å². The predicted molar refractivity (Wildman–Crippen MR) is 112 cm³/mol. The number of likely N-dealkylation sites (N-methyl/N-ethyl adjacent to an activating group) is 1. The molecule has 0 radical (unpaired) electrons. The Hall–Kier alpha value is -2.18. The van der Waals surface area contributed by atoms with E-state index in [0.29, 0.717) is 32.2 Å². The van der Waals surface area contributed by atoms with Gasteiger partial charge in [-0.1, -0.05) is 12.1 Å². The molecule has 1 aliphatic rings. The van der Waals surface area contributed by atoms with E-state index in [9.17, 15) is 31.2 Å². The van der Waals surface area contributed by atoms with Crippen LogP contribution >= 0.6 is 0 Å². The molecule has 0 aliphatic carbocycles. The van der Waals surface area contributed by atoms with Gasteiger partial charge < -0.3 is 9.80 Å². The zero-order valence-corrected chi connectivity index (χ0v) is 19.2. The van der Waals surface area contributed by atoms with E-state index in [1.165, 1.54) is 17.9 Å². The number of piperazine rings is 1. The van der Waals surface area contributed by atoms with Gasteiger partial charge in [-0.3, -0.25) is 14.5 Å². The van der Waals surface area contributed by atoms with Crippen LogP contribution in [0.3, 0.4) is 0 Å². The van der Waals surface area contributed by atoms with Crippen molar-refractivity contribution in [3.8, 4) is 0 Å². The Labute approximate surface area is 186 Å². The average molecular weight is 479 g/mol. The molecule has 0 spiro atoms. The summed E-state index contributed by atoms with van der Waals surface area (Å²) in [5.41, 5.74) is -1.29. The van der Waals surface area contributed by atoms with Crippen molar-refractivity contribution in [2.45, 2.75) is 37.9 Å². The summed E-state index contributed by atoms with van der Waals surface area (Å²) >= 11 is 0. The van der Waals surface area contributed by atoms with Crippen LogP contribution in [0.25, 0.3) is 0 Å². The molecule has 0 bridgehead atoms. The van der Waals surface area contributed by atoms with E-state index in [1.54, 1.807) is 4.90 Å². The van der Waals surface area contributed by atoms with E-state index in [0.717, 1.165) is 12.1 Å². The first kappa shape index (κ1) is 26.1. The molecule has 12 heteroatoms. The van der Waals surface area contributed by atoms with Crippen LogP contribution in [0.5, 0.6) is 0 Å². The maximum absolute atomic E-state index is 13.2. The summed E-state index contributed by atoms with van der Waals surface area (Å²) in [4.78, 5) is 29.1. The van der Waals surface area contributed by atoms with Crippen LogP contribution in [-0.2, 0) is 25.8 Å². The number of halogens is 3. The van der Waals surface area contributed by atoms with Gasteiger partial charge in [0.05, 0.1) is 23.0 Å². The first-order valence-electron chi connectivity index (χ1n) is 10.4. The Bertz CT molecular complexity index is 912. The molecule has 180 valence electrons.